The fourth-order valence-electron chi connectivity index (χ4n) is 2.07. The molecule has 0 unspecified atom stereocenters. The van der Waals surface area contributed by atoms with Crippen molar-refractivity contribution >= 4 is 5.78 Å². The zero-order chi connectivity index (χ0) is 20.6. The van der Waals surface area contributed by atoms with Crippen LogP contribution < -0.4 is 0 Å². The van der Waals surface area contributed by atoms with Gasteiger partial charge in [0.1, 0.15) is 0 Å². The molecule has 1 aliphatic rings. The molecular formula is C13H12F11NO. The van der Waals surface area contributed by atoms with E-state index < -0.39 is 35.6 Å². The summed E-state index contributed by atoms with van der Waals surface area (Å²) in [4.78, 5) is 12.4. The predicted octanol–water partition coefficient (Wildman–Crippen LogP) is 4.66. The molecule has 0 amide bonds. The lowest BCUT2D eigenvalue weighted by Crippen LogP contribution is -2.67. The number of likely N-dealkylation sites (tertiary alicyclic amines) is 1. The monoisotopic (exact) mass is 407 g/mol. The van der Waals surface area contributed by atoms with Crippen LogP contribution in [0.5, 0.6) is 0 Å². The van der Waals surface area contributed by atoms with E-state index in [0.29, 0.717) is 19.0 Å². The smallest absolute Gasteiger partial charge is 0.377 e. The minimum Gasteiger partial charge on any atom is -0.377 e. The van der Waals surface area contributed by atoms with Crippen molar-refractivity contribution in [1.29, 1.82) is 0 Å². The van der Waals surface area contributed by atoms with Gasteiger partial charge in [0, 0.05) is 25.4 Å². The Bertz CT molecular complexity index is 547. The van der Waals surface area contributed by atoms with Crippen LogP contribution in [0.15, 0.2) is 12.3 Å². The zero-order valence-corrected chi connectivity index (χ0v) is 12.7. The molecule has 0 aromatic rings. The third-order valence-electron chi connectivity index (χ3n) is 3.68. The molecule has 1 rings (SSSR count). The van der Waals surface area contributed by atoms with E-state index in [1.54, 1.807) is 0 Å². The van der Waals surface area contributed by atoms with Gasteiger partial charge < -0.3 is 4.90 Å². The maximum Gasteiger partial charge on any atom is 0.460 e. The molecule has 0 radical (unpaired) electrons. The van der Waals surface area contributed by atoms with Gasteiger partial charge in [-0.2, -0.15) is 48.3 Å². The van der Waals surface area contributed by atoms with Gasteiger partial charge in [0.05, 0.1) is 0 Å². The molecule has 152 valence electrons. The van der Waals surface area contributed by atoms with Gasteiger partial charge in [-0.3, -0.25) is 4.79 Å². The maximum atomic E-state index is 13.4. The van der Waals surface area contributed by atoms with Crippen molar-refractivity contribution in [2.45, 2.75) is 49.1 Å². The van der Waals surface area contributed by atoms with Gasteiger partial charge in [0.2, 0.25) is 5.78 Å². The maximum absolute atomic E-state index is 13.4. The van der Waals surface area contributed by atoms with Crippen LogP contribution in [-0.4, -0.2) is 53.6 Å². The molecule has 0 aromatic heterocycles. The number of rotatable bonds is 6. The van der Waals surface area contributed by atoms with Crippen LogP contribution in [0.2, 0.25) is 0 Å². The van der Waals surface area contributed by atoms with Gasteiger partial charge in [0.15, 0.2) is 0 Å². The van der Waals surface area contributed by atoms with E-state index in [0.717, 1.165) is 6.42 Å². The second-order valence-corrected chi connectivity index (χ2v) is 5.57. The summed E-state index contributed by atoms with van der Waals surface area (Å²) < 4.78 is 141. The van der Waals surface area contributed by atoms with Crippen LogP contribution >= 0.6 is 0 Å². The Balaban J connectivity index is 3.14. The quantitative estimate of drug-likeness (QED) is 0.472. The molecule has 1 saturated heterocycles. The summed E-state index contributed by atoms with van der Waals surface area (Å²) in [6.45, 7) is 0.460. The van der Waals surface area contributed by atoms with Crippen LogP contribution in [-0.2, 0) is 4.79 Å². The Morgan fingerprint density at radius 1 is 0.692 bits per heavy atom. The van der Waals surface area contributed by atoms with Crippen molar-refractivity contribution in [1.82, 2.24) is 4.90 Å². The number of hydrogen-bond acceptors (Lipinski definition) is 2. The largest absolute Gasteiger partial charge is 0.460 e. The number of allylic oxidation sites excluding steroid dienone is 1. The van der Waals surface area contributed by atoms with Crippen LogP contribution in [0, 0.1) is 0 Å². The molecule has 0 aliphatic carbocycles. The third-order valence-corrected chi connectivity index (χ3v) is 3.68. The number of piperidine rings is 1. The van der Waals surface area contributed by atoms with Gasteiger partial charge in [0.25, 0.3) is 0 Å². The molecule has 0 aromatic carbocycles. The van der Waals surface area contributed by atoms with Crippen LogP contribution in [0.25, 0.3) is 0 Å². The highest BCUT2D eigenvalue weighted by Gasteiger charge is 2.88. The predicted molar refractivity (Wildman–Crippen MR) is 65.4 cm³/mol. The summed E-state index contributed by atoms with van der Waals surface area (Å²) in [5, 5.41) is 0. The summed E-state index contributed by atoms with van der Waals surface area (Å²) in [5.41, 5.74) is 0. The highest BCUT2D eigenvalue weighted by Crippen LogP contribution is 2.57. The highest BCUT2D eigenvalue weighted by atomic mass is 19.4. The standard InChI is InChI=1S/C13H12F11NO/c14-9(15,8(26)4-7-25-5-2-1-3-6-25)10(16,17)11(18,19)12(20,21)13(22,23)24/h4,7H,1-3,5-6H2/b7-4+. The molecule has 1 aliphatic heterocycles. The topological polar surface area (TPSA) is 20.3 Å². The number of carbonyl (C=O) groups is 1. The molecule has 0 saturated carbocycles. The van der Waals surface area contributed by atoms with Crippen LogP contribution in [0.1, 0.15) is 19.3 Å². The number of nitrogens with zero attached hydrogens (tertiary/aromatic N) is 1. The summed E-state index contributed by atoms with van der Waals surface area (Å²) in [6, 6.07) is 0. The van der Waals surface area contributed by atoms with E-state index in [9.17, 15) is 53.1 Å². The number of ketones is 1. The van der Waals surface area contributed by atoms with Crippen molar-refractivity contribution in [3.05, 3.63) is 12.3 Å². The Morgan fingerprint density at radius 3 is 1.58 bits per heavy atom. The van der Waals surface area contributed by atoms with E-state index in [1.165, 1.54) is 4.90 Å². The third kappa shape index (κ3) is 3.61. The van der Waals surface area contributed by atoms with Crippen molar-refractivity contribution < 1.29 is 53.1 Å². The minimum atomic E-state index is -7.57. The first kappa shape index (κ1) is 22.5. The lowest BCUT2D eigenvalue weighted by Gasteiger charge is -2.36. The normalized spacial score (nSPS) is 18.5. The van der Waals surface area contributed by atoms with Gasteiger partial charge >= 0.3 is 29.9 Å². The summed E-state index contributed by atoms with van der Waals surface area (Å²) in [6.07, 6.45) is -5.05. The number of halogens is 11. The Hall–Kier alpha value is -1.56. The Kier molecular flexibility index (Phi) is 5.94. The van der Waals surface area contributed by atoms with Crippen LogP contribution in [0.4, 0.5) is 48.3 Å². The van der Waals surface area contributed by atoms with E-state index in [1.807, 2.05) is 0 Å². The van der Waals surface area contributed by atoms with Crippen molar-refractivity contribution in [3.63, 3.8) is 0 Å². The molecule has 26 heavy (non-hydrogen) atoms. The summed E-state index contributed by atoms with van der Waals surface area (Å²) in [5.74, 6) is -31.9. The van der Waals surface area contributed by atoms with Gasteiger partial charge in [-0.25, -0.2) is 0 Å². The van der Waals surface area contributed by atoms with Crippen molar-refractivity contribution in [3.8, 4) is 0 Å². The van der Waals surface area contributed by atoms with Crippen molar-refractivity contribution in [2.75, 3.05) is 13.1 Å². The van der Waals surface area contributed by atoms with E-state index in [2.05, 4.69) is 0 Å². The van der Waals surface area contributed by atoms with E-state index >= 15 is 0 Å². The fraction of sp³-hybridized carbons (Fsp3) is 0.769. The molecule has 13 heteroatoms. The molecule has 1 heterocycles. The molecule has 0 bridgehead atoms. The van der Waals surface area contributed by atoms with Crippen molar-refractivity contribution in [2.24, 2.45) is 0 Å². The molecule has 1 fully saturated rings. The Morgan fingerprint density at radius 2 is 1.15 bits per heavy atom. The molecule has 0 N–H and O–H groups in total. The van der Waals surface area contributed by atoms with Gasteiger partial charge in [-0.05, 0) is 19.3 Å². The molecule has 2 nitrogen and oxygen atoms in total. The number of hydrogen-bond donors (Lipinski definition) is 0. The first-order valence-corrected chi connectivity index (χ1v) is 7.05. The van der Waals surface area contributed by atoms with Gasteiger partial charge in [-0.15, -0.1) is 0 Å². The molecule has 0 atom stereocenters. The van der Waals surface area contributed by atoms with Gasteiger partial charge in [-0.1, -0.05) is 0 Å². The SMILES string of the molecule is O=C(/C=C/N1CCCCC1)C(F)(F)C(F)(F)C(F)(F)C(F)(F)C(F)(F)F. The highest BCUT2D eigenvalue weighted by molar-refractivity contribution is 5.96. The first-order valence-electron chi connectivity index (χ1n) is 7.05. The average Bonchev–Trinajstić information content (AvgIpc) is 2.51. The van der Waals surface area contributed by atoms with E-state index in [4.69, 9.17) is 0 Å². The lowest BCUT2D eigenvalue weighted by atomic mass is 9.95. The molecule has 0 spiro atoms. The second-order valence-electron chi connectivity index (χ2n) is 5.57. The van der Waals surface area contributed by atoms with Crippen LogP contribution in [0.3, 0.4) is 0 Å². The first-order chi connectivity index (χ1) is 11.5. The lowest BCUT2D eigenvalue weighted by molar-refractivity contribution is -0.416. The fourth-order valence-corrected chi connectivity index (χ4v) is 2.07. The zero-order valence-electron chi connectivity index (χ0n) is 12.7. The molecular weight excluding hydrogens is 395 g/mol. The minimum absolute atomic E-state index is 0.230. The Labute approximate surface area is 139 Å². The van der Waals surface area contributed by atoms with E-state index in [-0.39, 0.29) is 19.2 Å². The summed E-state index contributed by atoms with van der Waals surface area (Å²) >= 11 is 0. The second kappa shape index (κ2) is 6.87. The summed E-state index contributed by atoms with van der Waals surface area (Å²) in [7, 11) is 0. The average molecular weight is 407 g/mol. The number of alkyl halides is 11. The number of carbonyl (C=O) groups excluding carboxylic acids is 1.